The number of hydrogen-bond donors (Lipinski definition) is 2. The molecule has 0 amide bonds. The quantitative estimate of drug-likeness (QED) is 0.746. The van der Waals surface area contributed by atoms with Crippen molar-refractivity contribution in [2.75, 3.05) is 6.54 Å². The zero-order valence-corrected chi connectivity index (χ0v) is 15.9. The van der Waals surface area contributed by atoms with E-state index in [-0.39, 0.29) is 18.4 Å². The van der Waals surface area contributed by atoms with E-state index in [1.165, 1.54) is 20.7 Å². The number of hydrogen-bond acceptors (Lipinski definition) is 4. The second kappa shape index (κ2) is 7.31. The summed E-state index contributed by atoms with van der Waals surface area (Å²) in [4.78, 5) is 2.32. The van der Waals surface area contributed by atoms with Crippen LogP contribution in [-0.2, 0) is 0 Å². The van der Waals surface area contributed by atoms with Crippen LogP contribution < -0.4 is 10.6 Å². The van der Waals surface area contributed by atoms with E-state index < -0.39 is 6.17 Å². The molecule has 126 valence electrons. The Morgan fingerprint density at radius 3 is 2.91 bits per heavy atom. The summed E-state index contributed by atoms with van der Waals surface area (Å²) in [7, 11) is 0. The van der Waals surface area contributed by atoms with E-state index in [1.807, 2.05) is 22.7 Å². The Balaban J connectivity index is 0.00000156. The number of fused-ring (bicyclic) bond motifs is 1. The lowest BCUT2D eigenvalue weighted by Gasteiger charge is -2.19. The zero-order valence-electron chi connectivity index (χ0n) is 12.6. The van der Waals surface area contributed by atoms with Crippen molar-refractivity contribution in [1.82, 2.24) is 10.6 Å². The molecule has 1 aliphatic heterocycles. The maximum atomic E-state index is 13.3. The van der Waals surface area contributed by atoms with Crippen molar-refractivity contribution in [3.05, 3.63) is 22.4 Å². The zero-order chi connectivity index (χ0) is 15.1. The Bertz CT molecular complexity index is 657. The van der Waals surface area contributed by atoms with Gasteiger partial charge in [0.15, 0.2) is 0 Å². The minimum Gasteiger partial charge on any atom is -0.376 e. The largest absolute Gasteiger partial charge is 0.376 e. The fourth-order valence-corrected chi connectivity index (χ4v) is 6.16. The minimum absolute atomic E-state index is 0. The highest BCUT2D eigenvalue weighted by molar-refractivity contribution is 7.80. The summed E-state index contributed by atoms with van der Waals surface area (Å²) in [6.07, 6.45) is 3.28. The van der Waals surface area contributed by atoms with Crippen molar-refractivity contribution in [3.63, 3.8) is 0 Å². The SMILES string of the molecule is Cl.F[C@H]1CN[C@H](C(=S)NC2CCC(c3cc4sccc4s3)C2)C1. The van der Waals surface area contributed by atoms with E-state index in [9.17, 15) is 4.39 Å². The standard InChI is InChI=1S/C16H19FN2S3.ClH/c17-10-6-12(18-8-10)16(20)19-11-2-1-9(5-11)14-7-15-13(22-14)3-4-21-15;/h3-4,7,9-12,18H,1-2,5-6,8H2,(H,19,20);1H/t9?,10-,11?,12+;/m1./s1. The number of rotatable bonds is 3. The van der Waals surface area contributed by atoms with Crippen LogP contribution >= 0.6 is 47.3 Å². The second-order valence-corrected chi connectivity index (χ2v) is 8.81. The van der Waals surface area contributed by atoms with E-state index in [4.69, 9.17) is 12.2 Å². The Kier molecular flexibility index (Phi) is 5.58. The lowest BCUT2D eigenvalue weighted by Crippen LogP contribution is -2.43. The minimum atomic E-state index is -0.750. The first-order valence-electron chi connectivity index (χ1n) is 7.84. The summed E-state index contributed by atoms with van der Waals surface area (Å²) < 4.78 is 16.1. The van der Waals surface area contributed by atoms with Crippen molar-refractivity contribution >= 4 is 61.7 Å². The number of nitrogens with one attached hydrogen (secondary N) is 2. The normalized spacial score (nSPS) is 30.5. The third-order valence-corrected chi connectivity index (χ3v) is 7.39. The number of thiophene rings is 2. The molecule has 0 aromatic carbocycles. The molecule has 0 radical (unpaired) electrons. The van der Waals surface area contributed by atoms with Crippen LogP contribution in [0.2, 0.25) is 0 Å². The molecule has 2 N–H and O–H groups in total. The topological polar surface area (TPSA) is 24.1 Å². The molecule has 7 heteroatoms. The predicted molar refractivity (Wildman–Crippen MR) is 104 cm³/mol. The van der Waals surface area contributed by atoms with E-state index in [2.05, 4.69) is 28.1 Å². The lowest BCUT2D eigenvalue weighted by atomic mass is 10.1. The number of thiocarbonyl (C=S) groups is 1. The molecule has 0 bridgehead atoms. The summed E-state index contributed by atoms with van der Waals surface area (Å²) in [6.45, 7) is 0.436. The lowest BCUT2D eigenvalue weighted by molar-refractivity contribution is 0.359. The average molecular weight is 391 g/mol. The van der Waals surface area contributed by atoms with Crippen molar-refractivity contribution < 1.29 is 4.39 Å². The molecule has 2 aromatic rings. The molecule has 4 rings (SSSR count). The van der Waals surface area contributed by atoms with Gasteiger partial charge in [0.1, 0.15) is 6.17 Å². The Hall–Kier alpha value is -0.270. The Labute approximate surface area is 155 Å². The van der Waals surface area contributed by atoms with E-state index >= 15 is 0 Å². The molecule has 2 aliphatic rings. The Morgan fingerprint density at radius 1 is 1.30 bits per heavy atom. The summed E-state index contributed by atoms with van der Waals surface area (Å²) in [5.41, 5.74) is 0. The molecular formula is C16H20ClFN2S3. The van der Waals surface area contributed by atoms with Crippen molar-refractivity contribution in [2.24, 2.45) is 0 Å². The highest BCUT2D eigenvalue weighted by atomic mass is 35.5. The molecule has 4 atom stereocenters. The van der Waals surface area contributed by atoms with Gasteiger partial charge in [0, 0.05) is 33.3 Å². The van der Waals surface area contributed by atoms with Crippen LogP contribution in [0, 0.1) is 0 Å². The Morgan fingerprint density at radius 2 is 2.17 bits per heavy atom. The van der Waals surface area contributed by atoms with Crippen LogP contribution in [0.5, 0.6) is 0 Å². The van der Waals surface area contributed by atoms with E-state index in [1.54, 1.807) is 0 Å². The highest BCUT2D eigenvalue weighted by Crippen LogP contribution is 2.41. The van der Waals surface area contributed by atoms with Crippen LogP contribution in [-0.4, -0.2) is 29.8 Å². The first-order chi connectivity index (χ1) is 10.7. The van der Waals surface area contributed by atoms with Gasteiger partial charge < -0.3 is 10.6 Å². The van der Waals surface area contributed by atoms with Gasteiger partial charge in [-0.15, -0.1) is 35.1 Å². The average Bonchev–Trinajstić information content (AvgIpc) is 3.19. The molecule has 2 nitrogen and oxygen atoms in total. The molecule has 3 heterocycles. The van der Waals surface area contributed by atoms with E-state index in [0.29, 0.717) is 24.9 Å². The van der Waals surface area contributed by atoms with Gasteiger partial charge in [0.2, 0.25) is 0 Å². The molecule has 23 heavy (non-hydrogen) atoms. The van der Waals surface area contributed by atoms with Gasteiger partial charge in [-0.1, -0.05) is 12.2 Å². The van der Waals surface area contributed by atoms with Gasteiger partial charge in [0.25, 0.3) is 0 Å². The molecule has 1 saturated carbocycles. The monoisotopic (exact) mass is 390 g/mol. The van der Waals surface area contributed by atoms with Gasteiger partial charge in [0.05, 0.1) is 11.0 Å². The molecule has 2 unspecified atom stereocenters. The van der Waals surface area contributed by atoms with Crippen molar-refractivity contribution in [1.29, 1.82) is 0 Å². The van der Waals surface area contributed by atoms with Crippen molar-refractivity contribution in [3.8, 4) is 0 Å². The van der Waals surface area contributed by atoms with Gasteiger partial charge in [-0.3, -0.25) is 0 Å². The number of halogens is 2. The summed E-state index contributed by atoms with van der Waals surface area (Å²) in [6, 6.07) is 5.05. The predicted octanol–water partition coefficient (Wildman–Crippen LogP) is 4.64. The second-order valence-electron chi connectivity index (χ2n) is 6.31. The molecule has 2 fully saturated rings. The third kappa shape index (κ3) is 3.71. The maximum Gasteiger partial charge on any atom is 0.114 e. The molecule has 0 spiro atoms. The van der Waals surface area contributed by atoms with Crippen LogP contribution in [0.3, 0.4) is 0 Å². The van der Waals surface area contributed by atoms with E-state index in [0.717, 1.165) is 17.8 Å². The molecule has 1 aliphatic carbocycles. The van der Waals surface area contributed by atoms with Crippen molar-refractivity contribution in [2.45, 2.75) is 49.9 Å². The highest BCUT2D eigenvalue weighted by Gasteiger charge is 2.31. The smallest absolute Gasteiger partial charge is 0.114 e. The number of alkyl halides is 1. The van der Waals surface area contributed by atoms with Crippen LogP contribution in [0.1, 0.15) is 36.5 Å². The third-order valence-electron chi connectivity index (χ3n) is 4.73. The van der Waals surface area contributed by atoms with Crippen LogP contribution in [0.15, 0.2) is 17.5 Å². The summed E-state index contributed by atoms with van der Waals surface area (Å²) in [5.74, 6) is 0.648. The summed E-state index contributed by atoms with van der Waals surface area (Å²) in [5, 5.41) is 8.80. The molecule has 1 saturated heterocycles. The fourth-order valence-electron chi connectivity index (χ4n) is 3.55. The van der Waals surface area contributed by atoms with Gasteiger partial charge >= 0.3 is 0 Å². The molecule has 2 aromatic heterocycles. The fraction of sp³-hybridized carbons (Fsp3) is 0.562. The maximum absolute atomic E-state index is 13.3. The molecular weight excluding hydrogens is 371 g/mol. The first-order valence-corrected chi connectivity index (χ1v) is 9.94. The van der Waals surface area contributed by atoms with Crippen LogP contribution in [0.4, 0.5) is 4.39 Å². The van der Waals surface area contributed by atoms with Gasteiger partial charge in [-0.25, -0.2) is 4.39 Å². The van der Waals surface area contributed by atoms with Gasteiger partial charge in [-0.2, -0.15) is 0 Å². The van der Waals surface area contributed by atoms with Crippen LogP contribution in [0.25, 0.3) is 9.40 Å². The van der Waals surface area contributed by atoms with Gasteiger partial charge in [-0.05, 0) is 42.7 Å². The first kappa shape index (κ1) is 17.5. The summed E-state index contributed by atoms with van der Waals surface area (Å²) >= 11 is 9.22.